The first-order chi connectivity index (χ1) is 8.70. The monoisotopic (exact) mass is 281 g/mol. The van der Waals surface area contributed by atoms with Crippen molar-refractivity contribution < 1.29 is 27.5 Å². The van der Waals surface area contributed by atoms with Crippen molar-refractivity contribution in [2.24, 2.45) is 11.1 Å². The molecule has 1 heterocycles. The molecule has 19 heavy (non-hydrogen) atoms. The van der Waals surface area contributed by atoms with Crippen LogP contribution in [0, 0.1) is 5.92 Å². The molecule has 0 aromatic rings. The van der Waals surface area contributed by atoms with E-state index in [4.69, 9.17) is 4.84 Å². The number of carbonyl (C=O) groups is 1. The van der Waals surface area contributed by atoms with E-state index in [9.17, 15) is 18.0 Å². The molecule has 1 aliphatic heterocycles. The number of oxime groups is 1. The molecular formula is C12H18F3NO3. The van der Waals surface area contributed by atoms with Gasteiger partial charge in [-0.25, -0.2) is 4.79 Å². The average Bonchev–Trinajstić information content (AvgIpc) is 2.72. The van der Waals surface area contributed by atoms with Crippen LogP contribution in [-0.2, 0) is 14.4 Å². The number of nitrogens with zero attached hydrogens (tertiary/aromatic N) is 1. The molecule has 0 saturated carbocycles. The largest absolute Gasteiger partial charge is 0.462 e. The Hall–Kier alpha value is -1.27. The molecule has 0 radical (unpaired) electrons. The van der Waals surface area contributed by atoms with Crippen molar-refractivity contribution in [2.45, 2.75) is 51.8 Å². The van der Waals surface area contributed by atoms with Gasteiger partial charge in [0, 0.05) is 6.42 Å². The minimum absolute atomic E-state index is 0.122. The van der Waals surface area contributed by atoms with E-state index in [1.807, 2.05) is 13.8 Å². The number of ether oxygens (including phenoxy) is 1. The van der Waals surface area contributed by atoms with Gasteiger partial charge in [0.25, 0.3) is 0 Å². The van der Waals surface area contributed by atoms with Gasteiger partial charge in [0.15, 0.2) is 0 Å². The maximum Gasteiger partial charge on any atom is 0.392 e. The smallest absolute Gasteiger partial charge is 0.392 e. The molecule has 1 rings (SSSR count). The number of alkyl halides is 3. The van der Waals surface area contributed by atoms with E-state index in [-0.39, 0.29) is 12.3 Å². The fourth-order valence-corrected chi connectivity index (χ4v) is 1.65. The second kappa shape index (κ2) is 5.79. The molecular weight excluding hydrogens is 263 g/mol. The number of hydrogen-bond donors (Lipinski definition) is 0. The second-order valence-corrected chi connectivity index (χ2v) is 4.85. The summed E-state index contributed by atoms with van der Waals surface area (Å²) >= 11 is 0. The molecule has 0 bridgehead atoms. The summed E-state index contributed by atoms with van der Waals surface area (Å²) in [5.41, 5.74) is -0.541. The van der Waals surface area contributed by atoms with Crippen molar-refractivity contribution >= 4 is 11.7 Å². The molecule has 0 spiro atoms. The lowest BCUT2D eigenvalue weighted by atomic mass is 9.90. The molecule has 0 aromatic carbocycles. The number of carbonyl (C=O) groups excluding carboxylic acids is 1. The van der Waals surface area contributed by atoms with Gasteiger partial charge in [-0.3, -0.25) is 0 Å². The van der Waals surface area contributed by atoms with Crippen molar-refractivity contribution in [3.8, 4) is 0 Å². The molecule has 0 N–H and O–H groups in total. The van der Waals surface area contributed by atoms with Gasteiger partial charge in [-0.05, 0) is 12.3 Å². The Labute approximate surface area is 109 Å². The summed E-state index contributed by atoms with van der Waals surface area (Å²) < 4.78 is 40.6. The van der Waals surface area contributed by atoms with Crippen molar-refractivity contribution in [1.82, 2.24) is 0 Å². The Kier molecular flexibility index (Phi) is 4.81. The zero-order chi connectivity index (χ0) is 14.7. The van der Waals surface area contributed by atoms with E-state index in [1.165, 1.54) is 0 Å². The summed E-state index contributed by atoms with van der Waals surface area (Å²) in [6.45, 7) is 4.83. The van der Waals surface area contributed by atoms with E-state index in [0.717, 1.165) is 5.71 Å². The standard InChI is InChI=1S/C12H18F3NO3/c1-4-11(7-9(8(2)3)16-19-11)10(17)18-6-5-12(13,14)15/h8H,4-7H2,1-3H3. The molecule has 0 fully saturated rings. The zero-order valence-electron chi connectivity index (χ0n) is 11.2. The molecule has 1 atom stereocenters. The van der Waals surface area contributed by atoms with E-state index in [0.29, 0.717) is 6.42 Å². The van der Waals surface area contributed by atoms with Gasteiger partial charge in [0.05, 0.1) is 12.1 Å². The Bertz CT molecular complexity index is 366. The second-order valence-electron chi connectivity index (χ2n) is 4.85. The van der Waals surface area contributed by atoms with Gasteiger partial charge in [-0.2, -0.15) is 13.2 Å². The van der Waals surface area contributed by atoms with E-state index in [2.05, 4.69) is 9.89 Å². The first-order valence-corrected chi connectivity index (χ1v) is 6.19. The third kappa shape index (κ3) is 4.11. The molecule has 1 unspecified atom stereocenters. The Morgan fingerprint density at radius 1 is 1.53 bits per heavy atom. The number of esters is 1. The predicted octanol–water partition coefficient (Wildman–Crippen LogP) is 3.06. The van der Waals surface area contributed by atoms with E-state index >= 15 is 0 Å². The van der Waals surface area contributed by atoms with E-state index < -0.39 is 30.8 Å². The van der Waals surface area contributed by atoms with Crippen molar-refractivity contribution in [1.29, 1.82) is 0 Å². The first kappa shape index (κ1) is 15.8. The molecule has 0 saturated heterocycles. The summed E-state index contributed by atoms with van der Waals surface area (Å²) in [5, 5.41) is 3.83. The van der Waals surface area contributed by atoms with Crippen LogP contribution in [-0.4, -0.2) is 30.1 Å². The molecule has 7 heteroatoms. The highest BCUT2D eigenvalue weighted by Gasteiger charge is 2.47. The lowest BCUT2D eigenvalue weighted by molar-refractivity contribution is -0.178. The van der Waals surface area contributed by atoms with Gasteiger partial charge < -0.3 is 9.57 Å². The maximum absolute atomic E-state index is 12.0. The van der Waals surface area contributed by atoms with Crippen LogP contribution in [0.15, 0.2) is 5.16 Å². The lowest BCUT2D eigenvalue weighted by Crippen LogP contribution is -2.40. The zero-order valence-corrected chi connectivity index (χ0v) is 11.2. The Morgan fingerprint density at radius 3 is 2.58 bits per heavy atom. The number of rotatable bonds is 5. The van der Waals surface area contributed by atoms with E-state index in [1.54, 1.807) is 6.92 Å². The molecule has 0 amide bonds. The van der Waals surface area contributed by atoms with Crippen LogP contribution in [0.3, 0.4) is 0 Å². The number of halogens is 3. The fraction of sp³-hybridized carbons (Fsp3) is 0.833. The van der Waals surface area contributed by atoms with Crippen LogP contribution in [0.1, 0.15) is 40.0 Å². The van der Waals surface area contributed by atoms with Crippen LogP contribution in [0.2, 0.25) is 0 Å². The first-order valence-electron chi connectivity index (χ1n) is 6.19. The summed E-state index contributed by atoms with van der Waals surface area (Å²) in [6.07, 6.45) is -4.92. The molecule has 0 aromatic heterocycles. The quantitative estimate of drug-likeness (QED) is 0.728. The van der Waals surface area contributed by atoms with Gasteiger partial charge in [0.1, 0.15) is 6.61 Å². The summed E-state index contributed by atoms with van der Waals surface area (Å²) in [4.78, 5) is 17.0. The summed E-state index contributed by atoms with van der Waals surface area (Å²) in [5.74, 6) is -0.657. The summed E-state index contributed by atoms with van der Waals surface area (Å²) in [6, 6.07) is 0. The molecule has 1 aliphatic rings. The van der Waals surface area contributed by atoms with Crippen LogP contribution in [0.25, 0.3) is 0 Å². The summed E-state index contributed by atoms with van der Waals surface area (Å²) in [7, 11) is 0. The molecule has 0 aliphatic carbocycles. The maximum atomic E-state index is 12.0. The van der Waals surface area contributed by atoms with Gasteiger partial charge in [0.2, 0.25) is 5.60 Å². The van der Waals surface area contributed by atoms with Gasteiger partial charge >= 0.3 is 12.1 Å². The van der Waals surface area contributed by atoms with Gasteiger partial charge in [-0.15, -0.1) is 0 Å². The van der Waals surface area contributed by atoms with Crippen molar-refractivity contribution in [3.63, 3.8) is 0 Å². The SMILES string of the molecule is CCC1(C(=O)OCCC(F)(F)F)CC(C(C)C)=NO1. The van der Waals surface area contributed by atoms with Crippen molar-refractivity contribution in [3.05, 3.63) is 0 Å². The third-order valence-electron chi connectivity index (χ3n) is 3.03. The van der Waals surface area contributed by atoms with Gasteiger partial charge in [-0.1, -0.05) is 25.9 Å². The molecule has 4 nitrogen and oxygen atoms in total. The fourth-order valence-electron chi connectivity index (χ4n) is 1.65. The van der Waals surface area contributed by atoms with Crippen LogP contribution in [0.4, 0.5) is 13.2 Å². The minimum atomic E-state index is -4.34. The average molecular weight is 281 g/mol. The topological polar surface area (TPSA) is 47.9 Å². The Balaban J connectivity index is 2.55. The van der Waals surface area contributed by atoms with Crippen LogP contribution in [0.5, 0.6) is 0 Å². The Morgan fingerprint density at radius 2 is 2.16 bits per heavy atom. The predicted molar refractivity (Wildman–Crippen MR) is 62.6 cm³/mol. The van der Waals surface area contributed by atoms with Crippen LogP contribution >= 0.6 is 0 Å². The highest BCUT2D eigenvalue weighted by molar-refractivity contribution is 5.94. The lowest BCUT2D eigenvalue weighted by Gasteiger charge is -2.23. The van der Waals surface area contributed by atoms with Crippen LogP contribution < -0.4 is 0 Å². The highest BCUT2D eigenvalue weighted by Crippen LogP contribution is 2.31. The minimum Gasteiger partial charge on any atom is -0.462 e. The normalized spacial score (nSPS) is 23.2. The molecule has 110 valence electrons. The number of hydrogen-bond acceptors (Lipinski definition) is 4. The highest BCUT2D eigenvalue weighted by atomic mass is 19.4. The third-order valence-corrected chi connectivity index (χ3v) is 3.03. The van der Waals surface area contributed by atoms with Crippen molar-refractivity contribution in [2.75, 3.05) is 6.61 Å².